The van der Waals surface area contributed by atoms with E-state index in [1.807, 2.05) is 0 Å². The van der Waals surface area contributed by atoms with Crippen molar-refractivity contribution >= 4 is 15.9 Å². The van der Waals surface area contributed by atoms with Gasteiger partial charge in [0.05, 0.1) is 0 Å². The number of rotatable bonds is 4. The minimum Gasteiger partial charge on any atom is -0.325 e. The van der Waals surface area contributed by atoms with Crippen LogP contribution in [0, 0.1) is 5.92 Å². The van der Waals surface area contributed by atoms with Crippen molar-refractivity contribution in [1.82, 2.24) is 0 Å². The van der Waals surface area contributed by atoms with E-state index in [4.69, 9.17) is 5.73 Å². The summed E-state index contributed by atoms with van der Waals surface area (Å²) in [6.07, 6.45) is 1.97. The van der Waals surface area contributed by atoms with E-state index >= 15 is 0 Å². The monoisotopic (exact) mass is 269 g/mol. The molecule has 1 aromatic rings. The number of hydrogen-bond donors (Lipinski definition) is 1. The standard InChI is InChI=1S/C13H20BrN/c1-4-13(15,10(2)3)9-11-5-7-12(14)8-6-11/h5-8,10H,4,9,15H2,1-3H3. The SMILES string of the molecule is CCC(N)(Cc1ccc(Br)cc1)C(C)C. The highest BCUT2D eigenvalue weighted by atomic mass is 79.9. The van der Waals surface area contributed by atoms with Crippen LogP contribution < -0.4 is 5.73 Å². The smallest absolute Gasteiger partial charge is 0.0215 e. The maximum Gasteiger partial charge on any atom is 0.0215 e. The highest BCUT2D eigenvalue weighted by Gasteiger charge is 2.26. The van der Waals surface area contributed by atoms with Gasteiger partial charge in [0, 0.05) is 10.0 Å². The van der Waals surface area contributed by atoms with Gasteiger partial charge in [-0.15, -0.1) is 0 Å². The summed E-state index contributed by atoms with van der Waals surface area (Å²) in [4.78, 5) is 0. The molecular weight excluding hydrogens is 250 g/mol. The lowest BCUT2D eigenvalue weighted by Crippen LogP contribution is -2.46. The summed E-state index contributed by atoms with van der Waals surface area (Å²) in [6.45, 7) is 6.56. The summed E-state index contributed by atoms with van der Waals surface area (Å²) < 4.78 is 1.12. The molecule has 0 aliphatic heterocycles. The molecule has 0 saturated heterocycles. The van der Waals surface area contributed by atoms with Gasteiger partial charge in [-0.05, 0) is 36.5 Å². The van der Waals surface area contributed by atoms with Crippen LogP contribution in [-0.2, 0) is 6.42 Å². The van der Waals surface area contributed by atoms with E-state index in [1.165, 1.54) is 5.56 Å². The average molecular weight is 270 g/mol. The summed E-state index contributed by atoms with van der Waals surface area (Å²) in [5.41, 5.74) is 7.64. The maximum absolute atomic E-state index is 6.40. The lowest BCUT2D eigenvalue weighted by molar-refractivity contribution is 0.296. The van der Waals surface area contributed by atoms with Crippen molar-refractivity contribution in [2.45, 2.75) is 39.2 Å². The molecule has 2 N–H and O–H groups in total. The maximum atomic E-state index is 6.40. The summed E-state index contributed by atoms with van der Waals surface area (Å²) in [6, 6.07) is 8.44. The molecule has 1 rings (SSSR count). The molecule has 1 atom stereocenters. The van der Waals surface area contributed by atoms with E-state index in [0.29, 0.717) is 5.92 Å². The predicted molar refractivity (Wildman–Crippen MR) is 69.9 cm³/mol. The molecule has 0 fully saturated rings. The van der Waals surface area contributed by atoms with E-state index in [-0.39, 0.29) is 5.54 Å². The van der Waals surface area contributed by atoms with E-state index in [9.17, 15) is 0 Å². The second-order valence-corrected chi connectivity index (χ2v) is 5.46. The van der Waals surface area contributed by atoms with Crippen LogP contribution in [0.5, 0.6) is 0 Å². The first-order valence-electron chi connectivity index (χ1n) is 5.51. The fraction of sp³-hybridized carbons (Fsp3) is 0.538. The third-order valence-corrected chi connectivity index (χ3v) is 3.78. The van der Waals surface area contributed by atoms with Gasteiger partial charge >= 0.3 is 0 Å². The molecule has 1 nitrogen and oxygen atoms in total. The molecule has 0 spiro atoms. The Morgan fingerprint density at radius 1 is 1.27 bits per heavy atom. The van der Waals surface area contributed by atoms with Gasteiger partial charge in [0.15, 0.2) is 0 Å². The van der Waals surface area contributed by atoms with E-state index in [1.54, 1.807) is 0 Å². The molecule has 0 amide bonds. The summed E-state index contributed by atoms with van der Waals surface area (Å²) in [7, 11) is 0. The van der Waals surface area contributed by atoms with Crippen LogP contribution in [0.4, 0.5) is 0 Å². The third kappa shape index (κ3) is 3.32. The molecule has 1 aromatic carbocycles. The molecule has 0 saturated carbocycles. The minimum absolute atomic E-state index is 0.0756. The average Bonchev–Trinajstić information content (AvgIpc) is 2.21. The molecule has 0 aliphatic carbocycles. The fourth-order valence-corrected chi connectivity index (χ4v) is 1.98. The van der Waals surface area contributed by atoms with Gasteiger partial charge in [-0.1, -0.05) is 48.8 Å². The van der Waals surface area contributed by atoms with Crippen LogP contribution >= 0.6 is 15.9 Å². The van der Waals surface area contributed by atoms with Crippen LogP contribution in [0.3, 0.4) is 0 Å². The molecule has 0 heterocycles. The molecule has 2 heteroatoms. The zero-order valence-electron chi connectivity index (χ0n) is 9.76. The molecule has 0 aromatic heterocycles. The third-order valence-electron chi connectivity index (χ3n) is 3.25. The Morgan fingerprint density at radius 2 is 1.80 bits per heavy atom. The van der Waals surface area contributed by atoms with Gasteiger partial charge in [0.2, 0.25) is 0 Å². The molecular formula is C13H20BrN. The summed E-state index contributed by atoms with van der Waals surface area (Å²) >= 11 is 3.44. The van der Waals surface area contributed by atoms with Gasteiger partial charge in [-0.2, -0.15) is 0 Å². The Balaban J connectivity index is 2.79. The number of halogens is 1. The molecule has 0 bridgehead atoms. The minimum atomic E-state index is -0.0756. The Bertz CT molecular complexity index is 305. The van der Waals surface area contributed by atoms with Crippen molar-refractivity contribution in [1.29, 1.82) is 0 Å². The van der Waals surface area contributed by atoms with Crippen LogP contribution in [-0.4, -0.2) is 5.54 Å². The fourth-order valence-electron chi connectivity index (χ4n) is 1.72. The van der Waals surface area contributed by atoms with Crippen molar-refractivity contribution in [2.24, 2.45) is 11.7 Å². The lowest BCUT2D eigenvalue weighted by Gasteiger charge is -2.32. The van der Waals surface area contributed by atoms with Gasteiger partial charge in [-0.25, -0.2) is 0 Å². The number of nitrogens with two attached hydrogens (primary N) is 1. The second kappa shape index (κ2) is 5.13. The molecule has 15 heavy (non-hydrogen) atoms. The van der Waals surface area contributed by atoms with Crippen LogP contribution in [0.15, 0.2) is 28.7 Å². The van der Waals surface area contributed by atoms with Gasteiger partial charge in [0.1, 0.15) is 0 Å². The number of hydrogen-bond acceptors (Lipinski definition) is 1. The Morgan fingerprint density at radius 3 is 2.20 bits per heavy atom. The zero-order chi connectivity index (χ0) is 11.5. The topological polar surface area (TPSA) is 26.0 Å². The van der Waals surface area contributed by atoms with Gasteiger partial charge in [-0.3, -0.25) is 0 Å². The summed E-state index contributed by atoms with van der Waals surface area (Å²) in [5, 5.41) is 0. The molecule has 0 radical (unpaired) electrons. The van der Waals surface area contributed by atoms with Crippen molar-refractivity contribution in [3.05, 3.63) is 34.3 Å². The quantitative estimate of drug-likeness (QED) is 0.885. The van der Waals surface area contributed by atoms with E-state index < -0.39 is 0 Å². The molecule has 0 aliphatic rings. The first-order chi connectivity index (χ1) is 6.98. The Kier molecular flexibility index (Phi) is 4.35. The van der Waals surface area contributed by atoms with Crippen LogP contribution in [0.25, 0.3) is 0 Å². The zero-order valence-corrected chi connectivity index (χ0v) is 11.3. The van der Waals surface area contributed by atoms with Gasteiger partial charge < -0.3 is 5.73 Å². The van der Waals surface area contributed by atoms with Crippen LogP contribution in [0.2, 0.25) is 0 Å². The van der Waals surface area contributed by atoms with Crippen molar-refractivity contribution < 1.29 is 0 Å². The molecule has 1 unspecified atom stereocenters. The van der Waals surface area contributed by atoms with Crippen molar-refractivity contribution in [3.63, 3.8) is 0 Å². The van der Waals surface area contributed by atoms with Gasteiger partial charge in [0.25, 0.3) is 0 Å². The normalized spacial score (nSPS) is 15.3. The Hall–Kier alpha value is -0.340. The molecule has 84 valence electrons. The highest BCUT2D eigenvalue weighted by molar-refractivity contribution is 9.10. The second-order valence-electron chi connectivity index (χ2n) is 4.54. The highest BCUT2D eigenvalue weighted by Crippen LogP contribution is 2.23. The van der Waals surface area contributed by atoms with E-state index in [0.717, 1.165) is 17.3 Å². The lowest BCUT2D eigenvalue weighted by atomic mass is 9.80. The van der Waals surface area contributed by atoms with E-state index in [2.05, 4.69) is 61.0 Å². The largest absolute Gasteiger partial charge is 0.325 e. The van der Waals surface area contributed by atoms with Crippen molar-refractivity contribution in [3.8, 4) is 0 Å². The number of benzene rings is 1. The Labute approximate surface area is 101 Å². The first-order valence-corrected chi connectivity index (χ1v) is 6.30. The predicted octanol–water partition coefficient (Wildman–Crippen LogP) is 3.76. The summed E-state index contributed by atoms with van der Waals surface area (Å²) in [5.74, 6) is 0.506. The van der Waals surface area contributed by atoms with Crippen LogP contribution in [0.1, 0.15) is 32.8 Å². The van der Waals surface area contributed by atoms with Crippen molar-refractivity contribution in [2.75, 3.05) is 0 Å². The first kappa shape index (κ1) is 12.7.